The highest BCUT2D eigenvalue weighted by Gasteiger charge is 2.58. The molecule has 0 bridgehead atoms. The summed E-state index contributed by atoms with van der Waals surface area (Å²) in [5, 5.41) is 0. The molecule has 1 saturated heterocycles. The molecule has 0 saturated carbocycles. The smallest absolute Gasteiger partial charge is 0.330 e. The molecular formula is C14H15Cl2FN2O7. The van der Waals surface area contributed by atoms with Crippen molar-refractivity contribution in [1.29, 1.82) is 0 Å². The van der Waals surface area contributed by atoms with E-state index in [1.54, 1.807) is 0 Å². The summed E-state index contributed by atoms with van der Waals surface area (Å²) in [5.74, 6) is -2.69. The lowest BCUT2D eigenvalue weighted by Gasteiger charge is -2.27. The fourth-order valence-corrected chi connectivity index (χ4v) is 2.67. The van der Waals surface area contributed by atoms with E-state index in [2.05, 4.69) is 0 Å². The van der Waals surface area contributed by atoms with Crippen LogP contribution in [-0.2, 0) is 23.8 Å². The largest absolute Gasteiger partial charge is 0.462 e. The number of carbonyl (C=O) groups is 2. The number of nitrogens with zero attached hydrogens (tertiary/aromatic N) is 1. The lowest BCUT2D eigenvalue weighted by molar-refractivity contribution is -0.158. The van der Waals surface area contributed by atoms with Gasteiger partial charge in [-0.25, -0.2) is 9.18 Å². The number of aromatic nitrogens is 2. The molecule has 2 rings (SSSR count). The summed E-state index contributed by atoms with van der Waals surface area (Å²) in [6.07, 6.45) is -3.27. The fourth-order valence-electron chi connectivity index (χ4n) is 2.53. The van der Waals surface area contributed by atoms with Crippen molar-refractivity contribution in [3.63, 3.8) is 0 Å². The average molecular weight is 413 g/mol. The normalized spacial score (nSPS) is 27.9. The van der Waals surface area contributed by atoms with E-state index in [0.29, 0.717) is 0 Å². The van der Waals surface area contributed by atoms with Crippen molar-refractivity contribution in [3.8, 4) is 0 Å². The number of aromatic amines is 1. The Morgan fingerprint density at radius 2 is 2.00 bits per heavy atom. The van der Waals surface area contributed by atoms with Gasteiger partial charge >= 0.3 is 17.6 Å². The van der Waals surface area contributed by atoms with E-state index >= 15 is 4.39 Å². The monoisotopic (exact) mass is 412 g/mol. The van der Waals surface area contributed by atoms with E-state index in [0.717, 1.165) is 23.8 Å². The standard InChI is InChI=1S/C14H15Cl2FN2O7/c1-14(17)11(26-10(22)5-16)7(6-24-9(21)4-15)25-12(14)19-3-2-8(20)18-13(19)23/h2-3,7,11-12H,4-6H2,1H3,(H,18,20,23)/t7-,11-,12-,14-/m1/s1. The number of carbonyl (C=O) groups excluding carboxylic acids is 2. The number of esters is 2. The van der Waals surface area contributed by atoms with Gasteiger partial charge in [0.15, 0.2) is 18.0 Å². The molecule has 9 nitrogen and oxygen atoms in total. The van der Waals surface area contributed by atoms with Crippen LogP contribution in [0.15, 0.2) is 21.9 Å². The van der Waals surface area contributed by atoms with Gasteiger partial charge in [-0.3, -0.25) is 23.9 Å². The second-order valence-corrected chi connectivity index (χ2v) is 6.09. The summed E-state index contributed by atoms with van der Waals surface area (Å²) < 4.78 is 31.5. The number of nitrogens with one attached hydrogen (secondary N) is 1. The van der Waals surface area contributed by atoms with Crippen LogP contribution in [0.5, 0.6) is 0 Å². The first-order valence-corrected chi connectivity index (χ1v) is 8.40. The van der Waals surface area contributed by atoms with Crippen LogP contribution in [0.4, 0.5) is 4.39 Å². The zero-order valence-corrected chi connectivity index (χ0v) is 15.0. The number of alkyl halides is 3. The maximum Gasteiger partial charge on any atom is 0.330 e. The van der Waals surface area contributed by atoms with Crippen LogP contribution >= 0.6 is 23.2 Å². The molecule has 2 heterocycles. The van der Waals surface area contributed by atoms with Crippen LogP contribution in [-0.4, -0.2) is 57.7 Å². The minimum atomic E-state index is -2.40. The van der Waals surface area contributed by atoms with Gasteiger partial charge in [0.2, 0.25) is 0 Å². The number of hydrogen-bond acceptors (Lipinski definition) is 7. The van der Waals surface area contributed by atoms with Crippen LogP contribution in [0.2, 0.25) is 0 Å². The minimum Gasteiger partial charge on any atom is -0.462 e. The van der Waals surface area contributed by atoms with E-state index in [4.69, 9.17) is 37.4 Å². The Kier molecular flexibility index (Phi) is 6.43. The molecule has 1 aromatic heterocycles. The number of hydrogen-bond donors (Lipinski definition) is 1. The van der Waals surface area contributed by atoms with Gasteiger partial charge in [0.1, 0.15) is 24.5 Å². The zero-order valence-electron chi connectivity index (χ0n) is 13.4. The first-order chi connectivity index (χ1) is 12.2. The highest BCUT2D eigenvalue weighted by atomic mass is 35.5. The van der Waals surface area contributed by atoms with Crippen molar-refractivity contribution >= 4 is 35.1 Å². The van der Waals surface area contributed by atoms with Gasteiger partial charge < -0.3 is 14.2 Å². The molecule has 0 unspecified atom stereocenters. The first kappa shape index (κ1) is 20.4. The van der Waals surface area contributed by atoms with Crippen LogP contribution in [0.25, 0.3) is 0 Å². The van der Waals surface area contributed by atoms with Gasteiger partial charge in [0, 0.05) is 12.3 Å². The van der Waals surface area contributed by atoms with Gasteiger partial charge in [-0.05, 0) is 6.92 Å². The van der Waals surface area contributed by atoms with Gasteiger partial charge in [-0.2, -0.15) is 0 Å². The molecule has 0 amide bonds. The maximum atomic E-state index is 15.4. The average Bonchev–Trinajstić information content (AvgIpc) is 2.83. The van der Waals surface area contributed by atoms with Crippen molar-refractivity contribution in [2.45, 2.75) is 31.0 Å². The SMILES string of the molecule is C[C@@]1(F)[C@H](OC(=O)CCl)[C@@H](COC(=O)CCl)O[C@H]1n1ccc(=O)[nH]c1=O. The quantitative estimate of drug-likeness (QED) is 0.519. The van der Waals surface area contributed by atoms with E-state index in [-0.39, 0.29) is 0 Å². The van der Waals surface area contributed by atoms with Gasteiger partial charge in [-0.15, -0.1) is 23.2 Å². The van der Waals surface area contributed by atoms with E-state index in [9.17, 15) is 19.2 Å². The number of ether oxygens (including phenoxy) is 3. The molecule has 1 aliphatic rings. The molecule has 0 radical (unpaired) electrons. The van der Waals surface area contributed by atoms with Gasteiger partial charge in [0.25, 0.3) is 5.56 Å². The van der Waals surface area contributed by atoms with Crippen LogP contribution in [0, 0.1) is 0 Å². The van der Waals surface area contributed by atoms with Crippen molar-refractivity contribution in [3.05, 3.63) is 33.1 Å². The third-order valence-electron chi connectivity index (χ3n) is 3.67. The summed E-state index contributed by atoms with van der Waals surface area (Å²) >= 11 is 10.7. The Labute approximate surface area is 155 Å². The Morgan fingerprint density at radius 3 is 2.58 bits per heavy atom. The van der Waals surface area contributed by atoms with Gasteiger partial charge in [-0.1, -0.05) is 0 Å². The molecule has 1 N–H and O–H groups in total. The predicted octanol–water partition coefficient (Wildman–Crippen LogP) is 0.0948. The third kappa shape index (κ3) is 4.25. The van der Waals surface area contributed by atoms with Crippen molar-refractivity contribution in [1.82, 2.24) is 9.55 Å². The molecule has 1 aromatic rings. The topological polar surface area (TPSA) is 117 Å². The summed E-state index contributed by atoms with van der Waals surface area (Å²) in [6, 6.07) is 1.00. The van der Waals surface area contributed by atoms with Crippen molar-refractivity contribution in [2.24, 2.45) is 0 Å². The second-order valence-electron chi connectivity index (χ2n) is 5.56. The van der Waals surface area contributed by atoms with Gasteiger partial charge in [0.05, 0.1) is 0 Å². The van der Waals surface area contributed by atoms with Crippen molar-refractivity contribution in [2.75, 3.05) is 18.4 Å². The molecule has 0 spiro atoms. The maximum absolute atomic E-state index is 15.4. The summed E-state index contributed by atoms with van der Waals surface area (Å²) in [4.78, 5) is 47.9. The summed E-state index contributed by atoms with van der Waals surface area (Å²) in [6.45, 7) is 0.574. The molecule has 144 valence electrons. The molecule has 0 aliphatic carbocycles. The molecule has 4 atom stereocenters. The molecule has 26 heavy (non-hydrogen) atoms. The Balaban J connectivity index is 2.35. The molecule has 12 heteroatoms. The van der Waals surface area contributed by atoms with Crippen LogP contribution in [0.1, 0.15) is 13.2 Å². The third-order valence-corrected chi connectivity index (χ3v) is 4.11. The van der Waals surface area contributed by atoms with Crippen LogP contribution in [0.3, 0.4) is 0 Å². The molecule has 0 aromatic carbocycles. The number of halogens is 3. The lowest BCUT2D eigenvalue weighted by Crippen LogP contribution is -2.46. The van der Waals surface area contributed by atoms with Crippen molar-refractivity contribution < 1.29 is 28.2 Å². The molecule has 1 aliphatic heterocycles. The summed E-state index contributed by atoms with van der Waals surface area (Å²) in [5.41, 5.74) is -4.00. The Hall–Kier alpha value is -1.91. The second kappa shape index (κ2) is 8.19. The van der Waals surface area contributed by atoms with E-state index in [1.165, 1.54) is 0 Å². The zero-order chi connectivity index (χ0) is 19.5. The number of rotatable bonds is 6. The fraction of sp³-hybridized carbons (Fsp3) is 0.571. The van der Waals surface area contributed by atoms with E-state index < -0.39 is 65.7 Å². The molecular weight excluding hydrogens is 398 g/mol. The Bertz CT molecular complexity index is 794. The Morgan fingerprint density at radius 1 is 1.35 bits per heavy atom. The summed E-state index contributed by atoms with van der Waals surface area (Å²) in [7, 11) is 0. The first-order valence-electron chi connectivity index (χ1n) is 7.33. The lowest BCUT2D eigenvalue weighted by atomic mass is 9.98. The van der Waals surface area contributed by atoms with Crippen LogP contribution < -0.4 is 11.2 Å². The predicted molar refractivity (Wildman–Crippen MR) is 87.0 cm³/mol. The highest BCUT2D eigenvalue weighted by molar-refractivity contribution is 6.26. The number of H-pyrrole nitrogens is 1. The highest BCUT2D eigenvalue weighted by Crippen LogP contribution is 2.42. The minimum absolute atomic E-state index is 0.436. The molecule has 1 fully saturated rings. The van der Waals surface area contributed by atoms with E-state index in [1.807, 2.05) is 4.98 Å².